The highest BCUT2D eigenvalue weighted by Crippen LogP contribution is 2.37. The van der Waals surface area contributed by atoms with E-state index in [1.165, 1.54) is 36.8 Å². The summed E-state index contributed by atoms with van der Waals surface area (Å²) in [6.45, 7) is 27.3. The molecule has 0 unspecified atom stereocenters. The monoisotopic (exact) mass is 498 g/mol. The highest BCUT2D eigenvalue weighted by Gasteiger charge is 2.14. The van der Waals surface area contributed by atoms with Gasteiger partial charge in [-0.3, -0.25) is 0 Å². The topological polar surface area (TPSA) is 18.5 Å². The molecule has 2 aromatic rings. The average Bonchev–Trinajstić information content (AvgIpc) is 2.92. The fourth-order valence-electron chi connectivity index (χ4n) is 3.16. The SMILES string of the molecule is C=C(C)c1ccc(OC)c(OCCCCC)c1/C=C\C.CC.CC.CC.CCCc1ccc(C)cc1. The van der Waals surface area contributed by atoms with Crippen LogP contribution in [-0.2, 0) is 6.42 Å². The Morgan fingerprint density at radius 1 is 0.861 bits per heavy atom. The molecule has 0 aliphatic rings. The summed E-state index contributed by atoms with van der Waals surface area (Å²) in [7, 11) is 1.67. The summed E-state index contributed by atoms with van der Waals surface area (Å²) in [5.41, 5.74) is 5.98. The number of methoxy groups -OCH3 is 1. The zero-order chi connectivity index (χ0) is 28.4. The second-order valence-electron chi connectivity index (χ2n) is 7.63. The van der Waals surface area contributed by atoms with E-state index in [9.17, 15) is 0 Å². The predicted octanol–water partition coefficient (Wildman–Crippen LogP) is 11.4. The molecule has 0 N–H and O–H groups in total. The highest BCUT2D eigenvalue weighted by molar-refractivity contribution is 5.77. The first-order chi connectivity index (χ1) is 17.5. The summed E-state index contributed by atoms with van der Waals surface area (Å²) in [5, 5.41) is 0. The third-order valence-corrected chi connectivity index (χ3v) is 4.83. The van der Waals surface area contributed by atoms with Crippen molar-refractivity contribution in [3.8, 4) is 11.5 Å². The van der Waals surface area contributed by atoms with Crippen LogP contribution in [0.3, 0.4) is 0 Å². The fourth-order valence-corrected chi connectivity index (χ4v) is 3.16. The lowest BCUT2D eigenvalue weighted by molar-refractivity contribution is 0.285. The maximum atomic E-state index is 5.99. The van der Waals surface area contributed by atoms with Gasteiger partial charge in [0.05, 0.1) is 13.7 Å². The molecule has 36 heavy (non-hydrogen) atoms. The average molecular weight is 499 g/mol. The summed E-state index contributed by atoms with van der Waals surface area (Å²) in [6.07, 6.45) is 9.95. The van der Waals surface area contributed by atoms with E-state index in [4.69, 9.17) is 9.47 Å². The van der Waals surface area contributed by atoms with Crippen LogP contribution in [0.25, 0.3) is 11.6 Å². The van der Waals surface area contributed by atoms with Gasteiger partial charge in [0, 0.05) is 5.56 Å². The third-order valence-electron chi connectivity index (χ3n) is 4.83. The molecule has 206 valence electrons. The predicted molar refractivity (Wildman–Crippen MR) is 167 cm³/mol. The third kappa shape index (κ3) is 16.2. The van der Waals surface area contributed by atoms with Crippen LogP contribution in [0, 0.1) is 6.92 Å². The van der Waals surface area contributed by atoms with Crippen LogP contribution in [0.15, 0.2) is 49.1 Å². The van der Waals surface area contributed by atoms with Crippen LogP contribution >= 0.6 is 0 Å². The van der Waals surface area contributed by atoms with Crippen molar-refractivity contribution >= 4 is 11.6 Å². The normalized spacial score (nSPS) is 9.22. The van der Waals surface area contributed by atoms with Gasteiger partial charge in [-0.2, -0.15) is 0 Å². The van der Waals surface area contributed by atoms with Gasteiger partial charge in [-0.25, -0.2) is 0 Å². The first-order valence-electron chi connectivity index (χ1n) is 14.2. The number of ether oxygens (including phenoxy) is 2. The van der Waals surface area contributed by atoms with Crippen molar-refractivity contribution in [2.75, 3.05) is 13.7 Å². The maximum absolute atomic E-state index is 5.99. The van der Waals surface area contributed by atoms with Crippen molar-refractivity contribution in [2.45, 2.75) is 108 Å². The van der Waals surface area contributed by atoms with Crippen molar-refractivity contribution in [1.82, 2.24) is 0 Å². The zero-order valence-corrected chi connectivity index (χ0v) is 25.9. The summed E-state index contributed by atoms with van der Waals surface area (Å²) in [5.74, 6) is 1.60. The molecule has 2 rings (SSSR count). The first-order valence-corrected chi connectivity index (χ1v) is 14.2. The number of rotatable bonds is 10. The number of hydrogen-bond acceptors (Lipinski definition) is 2. The van der Waals surface area contributed by atoms with Gasteiger partial charge >= 0.3 is 0 Å². The van der Waals surface area contributed by atoms with Crippen molar-refractivity contribution in [1.29, 1.82) is 0 Å². The molecule has 0 fully saturated rings. The molecule has 0 atom stereocenters. The summed E-state index contributed by atoms with van der Waals surface area (Å²) in [6, 6.07) is 12.7. The van der Waals surface area contributed by atoms with Gasteiger partial charge in [0.2, 0.25) is 0 Å². The van der Waals surface area contributed by atoms with Crippen LogP contribution in [0.4, 0.5) is 0 Å². The second-order valence-corrected chi connectivity index (χ2v) is 7.63. The molecule has 2 nitrogen and oxygen atoms in total. The molecule has 0 heterocycles. The molecule has 0 saturated carbocycles. The standard InChI is InChI=1S/C18H26O2.C10H14.3C2H6/c1-6-8-9-13-20-18-16(10-7-2)15(14(3)4)11-12-17(18)19-5;1-3-4-10-7-5-9(2)6-8-10;3*1-2/h7,10-12H,3,6,8-9,13H2,1-2,4-5H3;5-8H,3-4H2,1-2H3;3*1-2H3/b10-7-;;;;. The quantitative estimate of drug-likeness (QED) is 0.303. The summed E-state index contributed by atoms with van der Waals surface area (Å²) in [4.78, 5) is 0. The molecule has 0 bridgehead atoms. The molecule has 0 aliphatic heterocycles. The molecule has 0 saturated heterocycles. The molecular formula is C34H58O2. The Hall–Kier alpha value is -2.48. The van der Waals surface area contributed by atoms with E-state index >= 15 is 0 Å². The van der Waals surface area contributed by atoms with Crippen molar-refractivity contribution in [3.63, 3.8) is 0 Å². The number of allylic oxidation sites excluding steroid dienone is 2. The lowest BCUT2D eigenvalue weighted by Gasteiger charge is -2.17. The van der Waals surface area contributed by atoms with Gasteiger partial charge in [-0.15, -0.1) is 0 Å². The Bertz CT molecular complexity index is 786. The summed E-state index contributed by atoms with van der Waals surface area (Å²) < 4.78 is 11.4. The molecular weight excluding hydrogens is 440 g/mol. The smallest absolute Gasteiger partial charge is 0.168 e. The number of benzene rings is 2. The minimum Gasteiger partial charge on any atom is -0.493 e. The Balaban J connectivity index is -0.000000569. The first kappa shape index (κ1) is 38.1. The van der Waals surface area contributed by atoms with E-state index in [0.29, 0.717) is 6.61 Å². The molecule has 0 amide bonds. The molecule has 0 spiro atoms. The van der Waals surface area contributed by atoms with Crippen molar-refractivity contribution in [3.05, 3.63) is 71.3 Å². The molecule has 2 heteroatoms. The molecule has 0 aromatic heterocycles. The zero-order valence-electron chi connectivity index (χ0n) is 25.9. The fraction of sp³-hybridized carbons (Fsp3) is 0.529. The number of aryl methyl sites for hydroxylation is 2. The van der Waals surface area contributed by atoms with E-state index in [0.717, 1.165) is 34.6 Å². The van der Waals surface area contributed by atoms with Gasteiger partial charge < -0.3 is 9.47 Å². The second kappa shape index (κ2) is 27.1. The lowest BCUT2D eigenvalue weighted by Crippen LogP contribution is -2.02. The van der Waals surface area contributed by atoms with Crippen LogP contribution in [0.5, 0.6) is 11.5 Å². The van der Waals surface area contributed by atoms with E-state index in [1.807, 2.05) is 73.6 Å². The van der Waals surface area contributed by atoms with Gasteiger partial charge in [0.25, 0.3) is 0 Å². The number of hydrogen-bond donors (Lipinski definition) is 0. The van der Waals surface area contributed by atoms with Crippen LogP contribution < -0.4 is 9.47 Å². The van der Waals surface area contributed by atoms with Crippen molar-refractivity contribution < 1.29 is 9.47 Å². The van der Waals surface area contributed by atoms with Gasteiger partial charge in [-0.05, 0) is 50.8 Å². The van der Waals surface area contributed by atoms with E-state index in [-0.39, 0.29) is 0 Å². The molecule has 0 radical (unpaired) electrons. The number of unbranched alkanes of at least 4 members (excludes halogenated alkanes) is 2. The minimum atomic E-state index is 0.717. The van der Waals surface area contributed by atoms with E-state index in [2.05, 4.69) is 57.7 Å². The van der Waals surface area contributed by atoms with Crippen molar-refractivity contribution in [2.24, 2.45) is 0 Å². The Labute approximate surface area is 225 Å². The van der Waals surface area contributed by atoms with E-state index < -0.39 is 0 Å². The van der Waals surface area contributed by atoms with Crippen LogP contribution in [0.2, 0.25) is 0 Å². The minimum absolute atomic E-state index is 0.717. The van der Waals surface area contributed by atoms with Gasteiger partial charge in [0.15, 0.2) is 11.5 Å². The maximum Gasteiger partial charge on any atom is 0.168 e. The highest BCUT2D eigenvalue weighted by atomic mass is 16.5. The molecule has 2 aromatic carbocycles. The Morgan fingerprint density at radius 2 is 1.44 bits per heavy atom. The van der Waals surface area contributed by atoms with E-state index in [1.54, 1.807) is 7.11 Å². The molecule has 0 aliphatic carbocycles. The van der Waals surface area contributed by atoms with Gasteiger partial charge in [0.1, 0.15) is 0 Å². The Kier molecular flexibility index (Phi) is 28.7. The summed E-state index contributed by atoms with van der Waals surface area (Å²) >= 11 is 0. The van der Waals surface area contributed by atoms with Gasteiger partial charge in [-0.1, -0.05) is 135 Å². The van der Waals surface area contributed by atoms with Crippen LogP contribution in [0.1, 0.15) is 117 Å². The largest absolute Gasteiger partial charge is 0.493 e. The van der Waals surface area contributed by atoms with Crippen LogP contribution in [-0.4, -0.2) is 13.7 Å². The Morgan fingerprint density at radius 3 is 1.89 bits per heavy atom. The lowest BCUT2D eigenvalue weighted by atomic mass is 10.00.